The molecule has 0 spiro atoms. The van der Waals surface area contributed by atoms with Crippen molar-refractivity contribution in [3.63, 3.8) is 0 Å². The topological polar surface area (TPSA) is 50.7 Å². The zero-order valence-corrected chi connectivity index (χ0v) is 16.4. The van der Waals surface area contributed by atoms with Crippen molar-refractivity contribution >= 4 is 24.0 Å². The normalized spacial score (nSPS) is 11.6. The Bertz CT molecular complexity index is 696. The Morgan fingerprint density at radius 1 is 1.19 bits per heavy atom. The van der Waals surface area contributed by atoms with E-state index in [-0.39, 0.29) is 37.5 Å². The zero-order valence-electron chi connectivity index (χ0n) is 14.8. The van der Waals surface area contributed by atoms with Gasteiger partial charge in [-0.2, -0.15) is 0 Å². The van der Waals surface area contributed by atoms with Crippen LogP contribution in [-0.2, 0) is 13.2 Å². The molecule has 4 nitrogen and oxygen atoms in total. The molecule has 0 saturated carbocycles. The average Bonchev–Trinajstić information content (AvgIpc) is 2.62. The highest BCUT2D eigenvalue weighted by molar-refractivity contribution is 6.31. The van der Waals surface area contributed by atoms with Gasteiger partial charge in [0.1, 0.15) is 12.4 Å². The standard InChI is InChI=1S/C19H23ClFNO3.ClH/c1-3-16(11-23)22-10-13-4-7-18(19(8-13)24-2)25-12-14-5-6-15(21)9-17(14)20;/h4-9,16,22-23H,3,10-12H2,1-2H3;1H. The molecule has 26 heavy (non-hydrogen) atoms. The molecule has 0 radical (unpaired) electrons. The summed E-state index contributed by atoms with van der Waals surface area (Å²) >= 11 is 6.01. The Balaban J connectivity index is 0.00000338. The van der Waals surface area contributed by atoms with Gasteiger partial charge in [0, 0.05) is 18.2 Å². The van der Waals surface area contributed by atoms with Gasteiger partial charge in [0.05, 0.1) is 18.7 Å². The Morgan fingerprint density at radius 3 is 2.58 bits per heavy atom. The molecule has 1 atom stereocenters. The molecule has 0 fully saturated rings. The highest BCUT2D eigenvalue weighted by Crippen LogP contribution is 2.29. The van der Waals surface area contributed by atoms with Gasteiger partial charge in [0.2, 0.25) is 0 Å². The van der Waals surface area contributed by atoms with Crippen molar-refractivity contribution < 1.29 is 19.0 Å². The third-order valence-corrected chi connectivity index (χ3v) is 4.29. The highest BCUT2D eigenvalue weighted by atomic mass is 35.5. The summed E-state index contributed by atoms with van der Waals surface area (Å²) in [6.45, 7) is 2.97. The summed E-state index contributed by atoms with van der Waals surface area (Å²) < 4.78 is 24.2. The molecule has 0 heterocycles. The lowest BCUT2D eigenvalue weighted by Crippen LogP contribution is -2.31. The van der Waals surface area contributed by atoms with E-state index in [4.69, 9.17) is 21.1 Å². The molecule has 0 saturated heterocycles. The maximum Gasteiger partial charge on any atom is 0.161 e. The number of hydrogen-bond acceptors (Lipinski definition) is 4. The third kappa shape index (κ3) is 6.32. The molecule has 0 bridgehead atoms. The molecule has 144 valence electrons. The Kier molecular flexibility index (Phi) is 9.73. The fraction of sp³-hybridized carbons (Fsp3) is 0.368. The van der Waals surface area contributed by atoms with E-state index in [1.54, 1.807) is 13.2 Å². The van der Waals surface area contributed by atoms with Crippen LogP contribution in [0.25, 0.3) is 0 Å². The molecule has 2 aromatic rings. The van der Waals surface area contributed by atoms with Crippen LogP contribution in [0, 0.1) is 5.82 Å². The van der Waals surface area contributed by atoms with Gasteiger partial charge in [0.25, 0.3) is 0 Å². The second kappa shape index (κ2) is 11.2. The van der Waals surface area contributed by atoms with Crippen molar-refractivity contribution in [1.82, 2.24) is 5.32 Å². The van der Waals surface area contributed by atoms with E-state index in [0.717, 1.165) is 12.0 Å². The zero-order chi connectivity index (χ0) is 18.2. The number of aliphatic hydroxyl groups is 1. The Labute approximate surface area is 164 Å². The molecule has 2 aromatic carbocycles. The van der Waals surface area contributed by atoms with Crippen molar-refractivity contribution in [1.29, 1.82) is 0 Å². The van der Waals surface area contributed by atoms with E-state index in [2.05, 4.69) is 5.32 Å². The van der Waals surface area contributed by atoms with Crippen molar-refractivity contribution in [2.24, 2.45) is 0 Å². The highest BCUT2D eigenvalue weighted by Gasteiger charge is 2.09. The molecule has 7 heteroatoms. The van der Waals surface area contributed by atoms with Crippen LogP contribution in [-0.4, -0.2) is 24.9 Å². The number of ether oxygens (including phenoxy) is 2. The summed E-state index contributed by atoms with van der Waals surface area (Å²) in [7, 11) is 1.58. The SMILES string of the molecule is CCC(CO)NCc1ccc(OCc2ccc(F)cc2Cl)c(OC)c1.Cl. The molecular formula is C19H24Cl2FNO3. The van der Waals surface area contributed by atoms with Crippen molar-refractivity contribution in [2.45, 2.75) is 32.5 Å². The number of methoxy groups -OCH3 is 1. The lowest BCUT2D eigenvalue weighted by atomic mass is 10.1. The number of hydrogen-bond donors (Lipinski definition) is 2. The van der Waals surface area contributed by atoms with E-state index in [0.29, 0.717) is 28.6 Å². The number of rotatable bonds is 9. The van der Waals surface area contributed by atoms with E-state index in [9.17, 15) is 9.50 Å². The molecule has 0 amide bonds. The number of aliphatic hydroxyl groups excluding tert-OH is 1. The molecular weight excluding hydrogens is 380 g/mol. The predicted octanol–water partition coefficient (Wildman–Crippen LogP) is 4.35. The molecule has 2 N–H and O–H groups in total. The summed E-state index contributed by atoms with van der Waals surface area (Å²) in [6, 6.07) is 9.93. The quantitative estimate of drug-likeness (QED) is 0.653. The minimum atomic E-state index is -0.378. The van der Waals surface area contributed by atoms with Gasteiger partial charge in [-0.05, 0) is 36.2 Å². The molecule has 0 aromatic heterocycles. The first-order chi connectivity index (χ1) is 12.1. The second-order valence-electron chi connectivity index (χ2n) is 5.68. The predicted molar refractivity (Wildman–Crippen MR) is 104 cm³/mol. The molecule has 1 unspecified atom stereocenters. The Morgan fingerprint density at radius 2 is 1.96 bits per heavy atom. The minimum absolute atomic E-state index is 0. The Hall–Kier alpha value is -1.53. The number of nitrogens with one attached hydrogen (secondary N) is 1. The monoisotopic (exact) mass is 403 g/mol. The van der Waals surface area contributed by atoms with Crippen LogP contribution in [0.1, 0.15) is 24.5 Å². The van der Waals surface area contributed by atoms with E-state index in [1.165, 1.54) is 12.1 Å². The first-order valence-electron chi connectivity index (χ1n) is 8.15. The maximum atomic E-state index is 13.1. The lowest BCUT2D eigenvalue weighted by Gasteiger charge is -2.16. The average molecular weight is 404 g/mol. The molecule has 0 aliphatic rings. The van der Waals surface area contributed by atoms with Gasteiger partial charge in [-0.1, -0.05) is 30.7 Å². The number of halogens is 3. The first kappa shape index (κ1) is 22.5. The van der Waals surface area contributed by atoms with Crippen LogP contribution < -0.4 is 14.8 Å². The molecule has 0 aliphatic carbocycles. The van der Waals surface area contributed by atoms with Crippen LogP contribution >= 0.6 is 24.0 Å². The van der Waals surface area contributed by atoms with Gasteiger partial charge in [-0.15, -0.1) is 12.4 Å². The van der Waals surface area contributed by atoms with Gasteiger partial charge >= 0.3 is 0 Å². The van der Waals surface area contributed by atoms with E-state index in [1.807, 2.05) is 25.1 Å². The largest absolute Gasteiger partial charge is 0.493 e. The van der Waals surface area contributed by atoms with Crippen LogP contribution in [0.2, 0.25) is 5.02 Å². The number of benzene rings is 2. The van der Waals surface area contributed by atoms with E-state index >= 15 is 0 Å². The summed E-state index contributed by atoms with van der Waals surface area (Å²) in [5.41, 5.74) is 1.72. The second-order valence-corrected chi connectivity index (χ2v) is 6.09. The fourth-order valence-electron chi connectivity index (χ4n) is 2.34. The van der Waals surface area contributed by atoms with E-state index < -0.39 is 0 Å². The summed E-state index contributed by atoms with van der Waals surface area (Å²) in [4.78, 5) is 0. The lowest BCUT2D eigenvalue weighted by molar-refractivity contribution is 0.238. The summed E-state index contributed by atoms with van der Waals surface area (Å²) in [5, 5.41) is 12.8. The fourth-order valence-corrected chi connectivity index (χ4v) is 2.56. The minimum Gasteiger partial charge on any atom is -0.493 e. The summed E-state index contributed by atoms with van der Waals surface area (Å²) in [6.07, 6.45) is 0.854. The van der Waals surface area contributed by atoms with Crippen LogP contribution in [0.3, 0.4) is 0 Å². The van der Waals surface area contributed by atoms with Gasteiger partial charge < -0.3 is 19.9 Å². The molecule has 2 rings (SSSR count). The van der Waals surface area contributed by atoms with Gasteiger partial charge in [-0.25, -0.2) is 4.39 Å². The van der Waals surface area contributed by atoms with Crippen LogP contribution in [0.4, 0.5) is 4.39 Å². The van der Waals surface area contributed by atoms with Crippen LogP contribution in [0.15, 0.2) is 36.4 Å². The van der Waals surface area contributed by atoms with Crippen molar-refractivity contribution in [3.8, 4) is 11.5 Å². The summed E-state index contributed by atoms with van der Waals surface area (Å²) in [5.74, 6) is 0.812. The van der Waals surface area contributed by atoms with Crippen molar-refractivity contribution in [3.05, 3.63) is 58.4 Å². The van der Waals surface area contributed by atoms with Gasteiger partial charge in [-0.3, -0.25) is 0 Å². The van der Waals surface area contributed by atoms with Crippen molar-refractivity contribution in [2.75, 3.05) is 13.7 Å². The third-order valence-electron chi connectivity index (χ3n) is 3.93. The maximum absolute atomic E-state index is 13.1. The van der Waals surface area contributed by atoms with Gasteiger partial charge in [0.15, 0.2) is 11.5 Å². The molecule has 0 aliphatic heterocycles. The smallest absolute Gasteiger partial charge is 0.161 e. The van der Waals surface area contributed by atoms with Crippen LogP contribution in [0.5, 0.6) is 11.5 Å². The first-order valence-corrected chi connectivity index (χ1v) is 8.53.